The Bertz CT molecular complexity index is 523. The SMILES string of the molecule is NNC(CCC(F)(F)F)c1cnc2ccsc2c1. The summed E-state index contributed by atoms with van der Waals surface area (Å²) in [4.78, 5) is 4.19. The van der Waals surface area contributed by atoms with Crippen molar-refractivity contribution in [3.63, 3.8) is 0 Å². The second-order valence-corrected chi connectivity index (χ2v) is 4.89. The fraction of sp³-hybridized carbons (Fsp3) is 0.364. The average Bonchev–Trinajstić information content (AvgIpc) is 2.75. The van der Waals surface area contributed by atoms with E-state index in [-0.39, 0.29) is 6.42 Å². The number of pyridine rings is 1. The zero-order chi connectivity index (χ0) is 13.2. The first-order valence-electron chi connectivity index (χ1n) is 5.35. The quantitative estimate of drug-likeness (QED) is 0.665. The summed E-state index contributed by atoms with van der Waals surface area (Å²) >= 11 is 1.50. The van der Waals surface area contributed by atoms with Gasteiger partial charge >= 0.3 is 6.18 Å². The average molecular weight is 275 g/mol. The van der Waals surface area contributed by atoms with Crippen molar-refractivity contribution < 1.29 is 13.2 Å². The van der Waals surface area contributed by atoms with Crippen molar-refractivity contribution >= 4 is 21.6 Å². The van der Waals surface area contributed by atoms with E-state index in [1.165, 1.54) is 11.3 Å². The number of nitrogens with zero attached hydrogens (tertiary/aromatic N) is 1. The van der Waals surface area contributed by atoms with Gasteiger partial charge in [0, 0.05) is 18.7 Å². The minimum absolute atomic E-state index is 0.0986. The number of halogens is 3. The molecule has 2 heterocycles. The lowest BCUT2D eigenvalue weighted by atomic mass is 10.0. The largest absolute Gasteiger partial charge is 0.389 e. The lowest BCUT2D eigenvalue weighted by Crippen LogP contribution is -2.29. The first-order valence-corrected chi connectivity index (χ1v) is 6.23. The summed E-state index contributed by atoms with van der Waals surface area (Å²) in [7, 11) is 0. The predicted octanol–water partition coefficient (Wildman–Crippen LogP) is 3.14. The monoisotopic (exact) mass is 275 g/mol. The van der Waals surface area contributed by atoms with Crippen LogP contribution in [-0.4, -0.2) is 11.2 Å². The summed E-state index contributed by atoms with van der Waals surface area (Å²) in [6, 6.07) is 3.16. The lowest BCUT2D eigenvalue weighted by Gasteiger charge is -2.17. The summed E-state index contributed by atoms with van der Waals surface area (Å²) < 4.78 is 37.5. The Balaban J connectivity index is 2.15. The Labute approximate surface area is 106 Å². The van der Waals surface area contributed by atoms with E-state index >= 15 is 0 Å². The summed E-state index contributed by atoms with van der Waals surface area (Å²) in [5.74, 6) is 5.31. The standard InChI is InChI=1S/C11H12F3N3S/c12-11(13,14)3-1-8(17-15)7-5-10-9(16-6-7)2-4-18-10/h2,4-6,8,17H,1,3,15H2. The van der Waals surface area contributed by atoms with Crippen molar-refractivity contribution in [1.82, 2.24) is 10.4 Å². The van der Waals surface area contributed by atoms with Crippen LogP contribution in [0.2, 0.25) is 0 Å². The van der Waals surface area contributed by atoms with E-state index in [4.69, 9.17) is 5.84 Å². The maximum atomic E-state index is 12.2. The van der Waals surface area contributed by atoms with E-state index in [9.17, 15) is 13.2 Å². The minimum atomic E-state index is -4.17. The van der Waals surface area contributed by atoms with Crippen LogP contribution in [0, 0.1) is 0 Å². The third kappa shape index (κ3) is 3.18. The molecule has 2 aromatic rings. The maximum Gasteiger partial charge on any atom is 0.389 e. The van der Waals surface area contributed by atoms with Crippen LogP contribution in [0.4, 0.5) is 13.2 Å². The molecule has 0 bridgehead atoms. The molecule has 0 aliphatic carbocycles. The molecule has 18 heavy (non-hydrogen) atoms. The smallest absolute Gasteiger partial charge is 0.271 e. The van der Waals surface area contributed by atoms with E-state index < -0.39 is 18.6 Å². The van der Waals surface area contributed by atoms with Crippen LogP contribution in [0.15, 0.2) is 23.7 Å². The van der Waals surface area contributed by atoms with Crippen molar-refractivity contribution in [2.75, 3.05) is 0 Å². The van der Waals surface area contributed by atoms with Gasteiger partial charge in [0.1, 0.15) is 0 Å². The van der Waals surface area contributed by atoms with E-state index in [2.05, 4.69) is 10.4 Å². The molecule has 0 aromatic carbocycles. The highest BCUT2D eigenvalue weighted by Gasteiger charge is 2.28. The summed E-state index contributed by atoms with van der Waals surface area (Å²) in [5, 5.41) is 1.89. The third-order valence-corrected chi connectivity index (χ3v) is 3.50. The normalized spacial score (nSPS) is 14.0. The van der Waals surface area contributed by atoms with Crippen LogP contribution in [0.25, 0.3) is 10.2 Å². The number of nitrogens with one attached hydrogen (secondary N) is 1. The van der Waals surface area contributed by atoms with Gasteiger partial charge in [0.15, 0.2) is 0 Å². The lowest BCUT2D eigenvalue weighted by molar-refractivity contribution is -0.136. The molecule has 2 rings (SSSR count). The molecule has 98 valence electrons. The molecule has 3 N–H and O–H groups in total. The van der Waals surface area contributed by atoms with Crippen LogP contribution in [-0.2, 0) is 0 Å². The number of hydrazine groups is 1. The molecule has 0 amide bonds. The fourth-order valence-electron chi connectivity index (χ4n) is 1.71. The molecule has 0 radical (unpaired) electrons. The second-order valence-electron chi connectivity index (χ2n) is 3.95. The van der Waals surface area contributed by atoms with Gasteiger partial charge in [0.05, 0.1) is 10.2 Å². The summed E-state index contributed by atoms with van der Waals surface area (Å²) in [5.41, 5.74) is 3.93. The Morgan fingerprint density at radius 3 is 2.89 bits per heavy atom. The number of fused-ring (bicyclic) bond motifs is 1. The van der Waals surface area contributed by atoms with Gasteiger partial charge in [-0.25, -0.2) is 0 Å². The number of alkyl halides is 3. The van der Waals surface area contributed by atoms with Crippen molar-refractivity contribution in [1.29, 1.82) is 0 Å². The van der Waals surface area contributed by atoms with Gasteiger partial charge in [-0.1, -0.05) is 0 Å². The van der Waals surface area contributed by atoms with E-state index in [0.29, 0.717) is 5.56 Å². The van der Waals surface area contributed by atoms with E-state index in [0.717, 1.165) is 10.2 Å². The molecular weight excluding hydrogens is 263 g/mol. The van der Waals surface area contributed by atoms with Gasteiger partial charge in [-0.05, 0) is 29.5 Å². The molecule has 1 atom stereocenters. The van der Waals surface area contributed by atoms with Gasteiger partial charge in [-0.3, -0.25) is 16.3 Å². The molecule has 0 saturated carbocycles. The molecule has 0 aliphatic rings. The van der Waals surface area contributed by atoms with Gasteiger partial charge in [-0.15, -0.1) is 11.3 Å². The summed E-state index contributed by atoms with van der Waals surface area (Å²) in [6.07, 6.45) is -3.57. The van der Waals surface area contributed by atoms with Crippen molar-refractivity contribution in [3.8, 4) is 0 Å². The number of hydrogen-bond donors (Lipinski definition) is 2. The number of nitrogens with two attached hydrogens (primary N) is 1. The third-order valence-electron chi connectivity index (χ3n) is 2.64. The molecule has 0 fully saturated rings. The molecule has 7 heteroatoms. The molecule has 0 aliphatic heterocycles. The zero-order valence-corrected chi connectivity index (χ0v) is 10.2. The topological polar surface area (TPSA) is 50.9 Å². The van der Waals surface area contributed by atoms with Crippen molar-refractivity contribution in [2.45, 2.75) is 25.1 Å². The van der Waals surface area contributed by atoms with Gasteiger partial charge < -0.3 is 0 Å². The summed E-state index contributed by atoms with van der Waals surface area (Å²) in [6.45, 7) is 0. The van der Waals surface area contributed by atoms with Crippen LogP contribution in [0.1, 0.15) is 24.4 Å². The van der Waals surface area contributed by atoms with Crippen LogP contribution in [0.5, 0.6) is 0 Å². The highest BCUT2D eigenvalue weighted by molar-refractivity contribution is 7.17. The van der Waals surface area contributed by atoms with Crippen LogP contribution < -0.4 is 11.3 Å². The highest BCUT2D eigenvalue weighted by atomic mass is 32.1. The number of aromatic nitrogens is 1. The van der Waals surface area contributed by atoms with E-state index in [1.807, 2.05) is 17.5 Å². The van der Waals surface area contributed by atoms with Gasteiger partial charge in [0.25, 0.3) is 0 Å². The first kappa shape index (κ1) is 13.3. The van der Waals surface area contributed by atoms with Crippen molar-refractivity contribution in [3.05, 3.63) is 29.3 Å². The first-order chi connectivity index (χ1) is 8.49. The second kappa shape index (κ2) is 5.21. The number of thiophene rings is 1. The van der Waals surface area contributed by atoms with Crippen LogP contribution >= 0.6 is 11.3 Å². The zero-order valence-electron chi connectivity index (χ0n) is 9.37. The molecular formula is C11H12F3N3S. The van der Waals surface area contributed by atoms with Crippen molar-refractivity contribution in [2.24, 2.45) is 5.84 Å². The Morgan fingerprint density at radius 1 is 1.44 bits per heavy atom. The number of rotatable bonds is 4. The minimum Gasteiger partial charge on any atom is -0.271 e. The van der Waals surface area contributed by atoms with Gasteiger partial charge in [0.2, 0.25) is 0 Å². The van der Waals surface area contributed by atoms with Crippen LogP contribution in [0.3, 0.4) is 0 Å². The molecule has 0 saturated heterocycles. The highest BCUT2D eigenvalue weighted by Crippen LogP contribution is 2.29. The maximum absolute atomic E-state index is 12.2. The predicted molar refractivity (Wildman–Crippen MR) is 65.0 cm³/mol. The van der Waals surface area contributed by atoms with Gasteiger partial charge in [-0.2, -0.15) is 13.2 Å². The Morgan fingerprint density at radius 2 is 2.22 bits per heavy atom. The molecule has 2 aromatic heterocycles. The Hall–Kier alpha value is -1.18. The molecule has 0 spiro atoms. The Kier molecular flexibility index (Phi) is 3.84. The van der Waals surface area contributed by atoms with E-state index in [1.54, 1.807) is 6.20 Å². The molecule has 1 unspecified atom stereocenters. The molecule has 3 nitrogen and oxygen atoms in total. The number of hydrogen-bond acceptors (Lipinski definition) is 4. The fourth-order valence-corrected chi connectivity index (χ4v) is 2.50.